The van der Waals surface area contributed by atoms with Gasteiger partial charge in [0, 0.05) is 32.2 Å². The van der Waals surface area contributed by atoms with Crippen molar-refractivity contribution in [2.75, 3.05) is 26.2 Å². The van der Waals surface area contributed by atoms with E-state index in [9.17, 15) is 5.11 Å². The Morgan fingerprint density at radius 1 is 1.33 bits per heavy atom. The van der Waals surface area contributed by atoms with E-state index < -0.39 is 5.60 Å². The van der Waals surface area contributed by atoms with Gasteiger partial charge in [0.1, 0.15) is 0 Å². The molecule has 1 unspecified atom stereocenters. The standard InChI is InChI=1S/C12H24N2O/c1-12(2,15)9-11(10-3-4-10)14-7-5-13-6-8-14/h10-11,13,15H,3-9H2,1-2H3. The highest BCUT2D eigenvalue weighted by Crippen LogP contribution is 2.38. The molecule has 2 fully saturated rings. The van der Waals surface area contributed by atoms with Gasteiger partial charge >= 0.3 is 0 Å². The van der Waals surface area contributed by atoms with Gasteiger partial charge in [0.2, 0.25) is 0 Å². The lowest BCUT2D eigenvalue weighted by atomic mass is 9.94. The highest BCUT2D eigenvalue weighted by Gasteiger charge is 2.38. The largest absolute Gasteiger partial charge is 0.390 e. The van der Waals surface area contributed by atoms with Gasteiger partial charge in [-0.15, -0.1) is 0 Å². The molecule has 88 valence electrons. The molecule has 0 aromatic rings. The Morgan fingerprint density at radius 2 is 1.93 bits per heavy atom. The fraction of sp³-hybridized carbons (Fsp3) is 1.00. The second-order valence-corrected chi connectivity index (χ2v) is 5.71. The minimum atomic E-state index is -0.516. The van der Waals surface area contributed by atoms with E-state index in [2.05, 4.69) is 10.2 Å². The third kappa shape index (κ3) is 3.44. The molecule has 15 heavy (non-hydrogen) atoms. The van der Waals surface area contributed by atoms with Crippen molar-refractivity contribution >= 4 is 0 Å². The van der Waals surface area contributed by atoms with Gasteiger partial charge in [-0.05, 0) is 39.0 Å². The first-order valence-corrected chi connectivity index (χ1v) is 6.23. The molecule has 1 saturated carbocycles. The summed E-state index contributed by atoms with van der Waals surface area (Å²) in [7, 11) is 0. The summed E-state index contributed by atoms with van der Waals surface area (Å²) < 4.78 is 0. The molecule has 0 radical (unpaired) electrons. The van der Waals surface area contributed by atoms with Crippen molar-refractivity contribution in [3.05, 3.63) is 0 Å². The summed E-state index contributed by atoms with van der Waals surface area (Å²) in [6, 6.07) is 0.618. The topological polar surface area (TPSA) is 35.5 Å². The average Bonchev–Trinajstić information content (AvgIpc) is 2.97. The van der Waals surface area contributed by atoms with Crippen LogP contribution in [-0.4, -0.2) is 47.8 Å². The lowest BCUT2D eigenvalue weighted by molar-refractivity contribution is 0.0238. The average molecular weight is 212 g/mol. The van der Waals surface area contributed by atoms with Gasteiger partial charge in [0.15, 0.2) is 0 Å². The first-order valence-electron chi connectivity index (χ1n) is 6.23. The molecule has 3 heteroatoms. The maximum absolute atomic E-state index is 9.95. The van der Waals surface area contributed by atoms with Crippen LogP contribution in [0.3, 0.4) is 0 Å². The van der Waals surface area contributed by atoms with Crippen LogP contribution in [0.15, 0.2) is 0 Å². The Hall–Kier alpha value is -0.120. The summed E-state index contributed by atoms with van der Waals surface area (Å²) in [4.78, 5) is 2.58. The van der Waals surface area contributed by atoms with Crippen molar-refractivity contribution < 1.29 is 5.11 Å². The van der Waals surface area contributed by atoms with Crippen LogP contribution in [0, 0.1) is 5.92 Å². The van der Waals surface area contributed by atoms with E-state index in [-0.39, 0.29) is 0 Å². The van der Waals surface area contributed by atoms with Crippen LogP contribution in [-0.2, 0) is 0 Å². The molecule has 1 aliphatic heterocycles. The first-order chi connectivity index (χ1) is 7.06. The number of hydrogen-bond acceptors (Lipinski definition) is 3. The van der Waals surface area contributed by atoms with Crippen LogP contribution in [0.25, 0.3) is 0 Å². The molecule has 2 rings (SSSR count). The molecule has 0 spiro atoms. The van der Waals surface area contributed by atoms with Gasteiger partial charge in [-0.3, -0.25) is 4.90 Å². The predicted molar refractivity (Wildman–Crippen MR) is 61.9 cm³/mol. The quantitative estimate of drug-likeness (QED) is 0.724. The van der Waals surface area contributed by atoms with Gasteiger partial charge in [0.25, 0.3) is 0 Å². The molecule has 1 aliphatic carbocycles. The minimum Gasteiger partial charge on any atom is -0.390 e. The fourth-order valence-corrected chi connectivity index (χ4v) is 2.60. The molecule has 1 atom stereocenters. The van der Waals surface area contributed by atoms with Gasteiger partial charge in [-0.25, -0.2) is 0 Å². The van der Waals surface area contributed by atoms with E-state index in [1.165, 1.54) is 12.8 Å². The summed E-state index contributed by atoms with van der Waals surface area (Å²) in [5, 5.41) is 13.3. The molecule has 0 aromatic carbocycles. The van der Waals surface area contributed by atoms with Crippen molar-refractivity contribution in [1.82, 2.24) is 10.2 Å². The van der Waals surface area contributed by atoms with Crippen LogP contribution in [0.5, 0.6) is 0 Å². The Labute approximate surface area is 92.8 Å². The highest BCUT2D eigenvalue weighted by atomic mass is 16.3. The van der Waals surface area contributed by atoms with Gasteiger partial charge in [-0.2, -0.15) is 0 Å². The molecule has 0 bridgehead atoms. The van der Waals surface area contributed by atoms with Crippen molar-refractivity contribution in [3.63, 3.8) is 0 Å². The van der Waals surface area contributed by atoms with E-state index in [0.29, 0.717) is 6.04 Å². The molecule has 1 heterocycles. The summed E-state index contributed by atoms with van der Waals surface area (Å²) in [5.41, 5.74) is -0.516. The van der Waals surface area contributed by atoms with Crippen LogP contribution >= 0.6 is 0 Å². The van der Waals surface area contributed by atoms with Crippen molar-refractivity contribution in [1.29, 1.82) is 0 Å². The van der Waals surface area contributed by atoms with Crippen LogP contribution < -0.4 is 5.32 Å². The molecule has 3 nitrogen and oxygen atoms in total. The van der Waals surface area contributed by atoms with Gasteiger partial charge in [-0.1, -0.05) is 0 Å². The lowest BCUT2D eigenvalue weighted by Crippen LogP contribution is -2.51. The number of aliphatic hydroxyl groups is 1. The summed E-state index contributed by atoms with van der Waals surface area (Å²) in [6.45, 7) is 8.38. The molecule has 2 aliphatic rings. The number of piperazine rings is 1. The van der Waals surface area contributed by atoms with Crippen molar-refractivity contribution in [3.8, 4) is 0 Å². The molecular formula is C12H24N2O. The van der Waals surface area contributed by atoms with E-state index in [0.717, 1.165) is 38.5 Å². The summed E-state index contributed by atoms with van der Waals surface area (Å²) in [6.07, 6.45) is 3.66. The molecule has 0 aromatic heterocycles. The van der Waals surface area contributed by atoms with Gasteiger partial charge in [0.05, 0.1) is 5.60 Å². The first kappa shape index (κ1) is 11.4. The van der Waals surface area contributed by atoms with Crippen LogP contribution in [0.1, 0.15) is 33.1 Å². The number of rotatable bonds is 4. The van der Waals surface area contributed by atoms with Gasteiger partial charge < -0.3 is 10.4 Å². The molecule has 0 amide bonds. The van der Waals surface area contributed by atoms with Crippen molar-refractivity contribution in [2.24, 2.45) is 5.92 Å². The number of nitrogens with zero attached hydrogens (tertiary/aromatic N) is 1. The maximum atomic E-state index is 9.95. The van der Waals surface area contributed by atoms with Crippen LogP contribution in [0.4, 0.5) is 0 Å². The molecule has 1 saturated heterocycles. The van der Waals surface area contributed by atoms with Crippen molar-refractivity contribution in [2.45, 2.75) is 44.8 Å². The zero-order valence-corrected chi connectivity index (χ0v) is 10.00. The SMILES string of the molecule is CC(C)(O)CC(C1CC1)N1CCNCC1. The smallest absolute Gasteiger partial charge is 0.0606 e. The van der Waals surface area contributed by atoms with E-state index in [4.69, 9.17) is 0 Å². The third-order valence-electron chi connectivity index (χ3n) is 3.50. The second-order valence-electron chi connectivity index (χ2n) is 5.71. The van der Waals surface area contributed by atoms with E-state index in [1.807, 2.05) is 13.8 Å². The Bertz CT molecular complexity index is 202. The molecular weight excluding hydrogens is 188 g/mol. The Morgan fingerprint density at radius 3 is 2.40 bits per heavy atom. The predicted octanol–water partition coefficient (Wildman–Crippen LogP) is 0.831. The second kappa shape index (κ2) is 4.40. The fourth-order valence-electron chi connectivity index (χ4n) is 2.60. The maximum Gasteiger partial charge on any atom is 0.0606 e. The Balaban J connectivity index is 1.92. The lowest BCUT2D eigenvalue weighted by Gasteiger charge is -2.37. The zero-order chi connectivity index (χ0) is 10.9. The Kier molecular flexibility index (Phi) is 3.33. The summed E-state index contributed by atoms with van der Waals surface area (Å²) in [5.74, 6) is 0.856. The number of nitrogens with one attached hydrogen (secondary N) is 1. The highest BCUT2D eigenvalue weighted by molar-refractivity contribution is 4.92. The monoisotopic (exact) mass is 212 g/mol. The minimum absolute atomic E-state index is 0.516. The van der Waals surface area contributed by atoms with E-state index in [1.54, 1.807) is 0 Å². The number of hydrogen-bond donors (Lipinski definition) is 2. The zero-order valence-electron chi connectivity index (χ0n) is 10.00. The van der Waals surface area contributed by atoms with Crippen LogP contribution in [0.2, 0.25) is 0 Å². The normalized spacial score (nSPS) is 26.6. The third-order valence-corrected chi connectivity index (χ3v) is 3.50. The molecule has 2 N–H and O–H groups in total. The summed E-state index contributed by atoms with van der Waals surface area (Å²) >= 11 is 0. The van der Waals surface area contributed by atoms with E-state index >= 15 is 0 Å².